The number of primary amides is 1. The van der Waals surface area contributed by atoms with Gasteiger partial charge < -0.3 is 39.3 Å². The van der Waals surface area contributed by atoms with Crippen molar-refractivity contribution in [2.45, 2.75) is 77.3 Å². The molecule has 35 heteroatoms. The van der Waals surface area contributed by atoms with Gasteiger partial charge in [-0.15, -0.1) is 5.10 Å². The van der Waals surface area contributed by atoms with Crippen LogP contribution in [0.2, 0.25) is 0 Å². The number of alkyl halides is 12. The fraction of sp³-hybridized carbons (Fsp3) is 0.245. The molecule has 1 saturated carbocycles. The van der Waals surface area contributed by atoms with Crippen LogP contribution in [-0.4, -0.2) is 88.4 Å². The van der Waals surface area contributed by atoms with Crippen molar-refractivity contribution < 1.29 is 57.5 Å². The standard InChI is InChI=1S/C20H22F3N9O.2C9H7F3N4.C7H5BrF3N.C2H3N3.2CH4/c21-20(22,23)11-7-12(9-13(8-11)32-27-5-6-28-32)29-18-14(17(25)33)10-26-19(31-18)30-16-4-2-1-3-15(16)24;10-9(11,12)6-3-7(13)5-8(4-6)16-2-1-14-15-16;10-9(11,12)6-3-7(13)5-8(4-6)16-14-1-2-15-16;8-5-1-4(7(9,10)11)2-6(12)3-5;1-2-4-5-3-1;;/h5-10,15-16H,1-4,24H2,(H2,25,33)(H2,26,29,30,31);2*1-5H,13H2;1-3H,12H2;1-2H,(H,3,4,5);2*1H4/t15-,16+;;;;;;/m0....../s1. The predicted octanol–water partition coefficient (Wildman–Crippen LogP) is 10.5. The van der Waals surface area contributed by atoms with Crippen LogP contribution in [0.1, 0.15) is 73.1 Å². The van der Waals surface area contributed by atoms with Crippen molar-refractivity contribution in [1.82, 2.24) is 70.4 Å². The zero-order valence-electron chi connectivity index (χ0n) is 41.6. The third kappa shape index (κ3) is 19.9. The van der Waals surface area contributed by atoms with Crippen LogP contribution in [0.15, 0.2) is 133 Å². The highest BCUT2D eigenvalue weighted by Crippen LogP contribution is 2.36. The Hall–Kier alpha value is -9.41. The van der Waals surface area contributed by atoms with E-state index in [1.54, 1.807) is 12.4 Å². The van der Waals surface area contributed by atoms with Gasteiger partial charge in [-0.1, -0.05) is 48.8 Å². The second-order valence-electron chi connectivity index (χ2n) is 16.9. The number of carbonyl (C=O) groups excluding carboxylic acids is 1. The summed E-state index contributed by atoms with van der Waals surface area (Å²) in [6.07, 6.45) is -1.46. The number of nitrogens with zero attached hydrogens (tertiary/aromatic N) is 13. The first-order valence-electron chi connectivity index (χ1n) is 23.2. The van der Waals surface area contributed by atoms with E-state index in [1.165, 1.54) is 72.3 Å². The molecular formula is C49H52BrF12N21O. The van der Waals surface area contributed by atoms with Crippen molar-refractivity contribution in [1.29, 1.82) is 0 Å². The summed E-state index contributed by atoms with van der Waals surface area (Å²) in [5, 5.41) is 37.6. The number of hydrogen-bond donors (Lipinski definition) is 8. The molecular weight excluding hydrogens is 1210 g/mol. The van der Waals surface area contributed by atoms with Crippen molar-refractivity contribution in [2.75, 3.05) is 27.8 Å². The molecule has 22 nitrogen and oxygen atoms in total. The monoisotopic (exact) mass is 1260 g/mol. The van der Waals surface area contributed by atoms with Gasteiger partial charge in [-0.25, -0.2) is 9.67 Å². The van der Waals surface area contributed by atoms with E-state index in [1.807, 2.05) is 0 Å². The quantitative estimate of drug-likeness (QED) is 0.0518. The molecule has 0 radical (unpaired) electrons. The van der Waals surface area contributed by atoms with Gasteiger partial charge in [0, 0.05) is 45.5 Å². The largest absolute Gasteiger partial charge is 0.416 e. The molecule has 0 aliphatic heterocycles. The van der Waals surface area contributed by atoms with Gasteiger partial charge in [-0.2, -0.15) is 103 Å². The summed E-state index contributed by atoms with van der Waals surface area (Å²) in [7, 11) is 0. The van der Waals surface area contributed by atoms with Crippen LogP contribution in [0.25, 0.3) is 17.1 Å². The summed E-state index contributed by atoms with van der Waals surface area (Å²) in [6, 6.07) is 12.8. The molecule has 5 heterocycles. The summed E-state index contributed by atoms with van der Waals surface area (Å²) in [4.78, 5) is 22.4. The minimum Gasteiger partial charge on any atom is -0.399 e. The Bertz CT molecular complexity index is 3320. The maximum absolute atomic E-state index is 13.5. The highest BCUT2D eigenvalue weighted by atomic mass is 79.9. The maximum Gasteiger partial charge on any atom is 0.416 e. The van der Waals surface area contributed by atoms with E-state index >= 15 is 0 Å². The highest BCUT2D eigenvalue weighted by Gasteiger charge is 2.34. The van der Waals surface area contributed by atoms with E-state index in [0.717, 1.165) is 83.8 Å². The molecule has 1 fully saturated rings. The van der Waals surface area contributed by atoms with Gasteiger partial charge in [0.2, 0.25) is 5.95 Å². The normalized spacial score (nSPS) is 13.9. The molecule has 1 aliphatic rings. The van der Waals surface area contributed by atoms with Gasteiger partial charge in [-0.05, 0) is 85.6 Å². The lowest BCUT2D eigenvalue weighted by Gasteiger charge is -2.29. The molecule has 9 aromatic rings. The van der Waals surface area contributed by atoms with Gasteiger partial charge in [0.15, 0.2) is 0 Å². The number of hydrogen-bond acceptors (Lipinski definition) is 17. The lowest BCUT2D eigenvalue weighted by Crippen LogP contribution is -2.43. The van der Waals surface area contributed by atoms with Crippen molar-refractivity contribution >= 4 is 56.4 Å². The number of carbonyl (C=O) groups is 1. The van der Waals surface area contributed by atoms with Crippen molar-refractivity contribution in [3.63, 3.8) is 0 Å². The summed E-state index contributed by atoms with van der Waals surface area (Å²) < 4.78 is 153. The fourth-order valence-electron chi connectivity index (χ4n) is 7.16. The molecule has 13 N–H and O–H groups in total. The van der Waals surface area contributed by atoms with Crippen molar-refractivity contribution in [3.8, 4) is 17.1 Å². The summed E-state index contributed by atoms with van der Waals surface area (Å²) >= 11 is 2.93. The van der Waals surface area contributed by atoms with E-state index in [2.05, 4.69) is 82.6 Å². The number of halogens is 13. The van der Waals surface area contributed by atoms with E-state index < -0.39 is 52.9 Å². The summed E-state index contributed by atoms with van der Waals surface area (Å²) in [5.41, 5.74) is 24.9. The highest BCUT2D eigenvalue weighted by molar-refractivity contribution is 9.10. The molecule has 1 amide bonds. The average Bonchev–Trinajstić information content (AvgIpc) is 4.39. The van der Waals surface area contributed by atoms with Crippen molar-refractivity contribution in [2.24, 2.45) is 11.5 Å². The van der Waals surface area contributed by atoms with Gasteiger partial charge in [0.25, 0.3) is 5.91 Å². The van der Waals surface area contributed by atoms with Crippen LogP contribution < -0.4 is 39.3 Å². The van der Waals surface area contributed by atoms with E-state index in [9.17, 15) is 57.5 Å². The smallest absolute Gasteiger partial charge is 0.399 e. The Balaban J connectivity index is 0.000000250. The van der Waals surface area contributed by atoms with Crippen LogP contribution in [0.4, 0.5) is 87.2 Å². The van der Waals surface area contributed by atoms with Crippen LogP contribution >= 0.6 is 15.9 Å². The summed E-state index contributed by atoms with van der Waals surface area (Å²) in [5.74, 6) is -0.687. The Morgan fingerprint density at radius 2 is 1.06 bits per heavy atom. The van der Waals surface area contributed by atoms with Crippen LogP contribution in [-0.2, 0) is 24.7 Å². The lowest BCUT2D eigenvalue weighted by atomic mass is 9.91. The third-order valence-electron chi connectivity index (χ3n) is 10.8. The predicted molar refractivity (Wildman–Crippen MR) is 289 cm³/mol. The number of nitrogen functional groups attached to an aromatic ring is 3. The molecule has 84 heavy (non-hydrogen) atoms. The van der Waals surface area contributed by atoms with E-state index in [0.29, 0.717) is 4.47 Å². The number of nitrogens with two attached hydrogens (primary N) is 5. The number of benzene rings is 4. The fourth-order valence-corrected chi connectivity index (χ4v) is 7.67. The first-order chi connectivity index (χ1) is 38.5. The zero-order chi connectivity index (χ0) is 60.0. The van der Waals surface area contributed by atoms with Gasteiger partial charge in [0.1, 0.15) is 11.4 Å². The second kappa shape index (κ2) is 29.0. The van der Waals surface area contributed by atoms with Gasteiger partial charge in [-0.3, -0.25) is 4.79 Å². The SMILES string of the molecule is C.C.NC(=O)c1cnc(N[C@@H]2CCCC[C@@H]2N)nc1Nc1cc(-n2nccn2)cc(C(F)(F)F)c1.Nc1cc(-n2ccnn2)cc(C(F)(F)F)c1.Nc1cc(-n2nccn2)cc(C(F)(F)F)c1.Nc1cc(Br)cc(C(F)(F)F)c1.c1cn[nH]n1. The average molecular weight is 1260 g/mol. The van der Waals surface area contributed by atoms with Crippen LogP contribution in [0.5, 0.6) is 0 Å². The number of aromatic amines is 1. The Kier molecular flexibility index (Phi) is 23.2. The Labute approximate surface area is 477 Å². The van der Waals surface area contributed by atoms with Gasteiger partial charge >= 0.3 is 24.7 Å². The maximum atomic E-state index is 13.5. The number of aromatic nitrogens is 14. The third-order valence-corrected chi connectivity index (χ3v) is 11.3. The molecule has 450 valence electrons. The zero-order valence-corrected chi connectivity index (χ0v) is 43.2. The molecule has 10 rings (SSSR count). The molecule has 2 atom stereocenters. The molecule has 1 aliphatic carbocycles. The van der Waals surface area contributed by atoms with Crippen LogP contribution in [0.3, 0.4) is 0 Å². The summed E-state index contributed by atoms with van der Waals surface area (Å²) in [6.45, 7) is 0. The number of anilines is 6. The minimum atomic E-state index is -4.62. The minimum absolute atomic E-state index is 0. The lowest BCUT2D eigenvalue weighted by molar-refractivity contribution is -0.138. The molecule has 0 bridgehead atoms. The Morgan fingerprint density at radius 1 is 0.595 bits per heavy atom. The van der Waals surface area contributed by atoms with Crippen LogP contribution in [0, 0.1) is 0 Å². The van der Waals surface area contributed by atoms with E-state index in [-0.39, 0.29) is 84.1 Å². The topological polar surface area (TPSA) is 331 Å². The molecule has 0 spiro atoms. The number of rotatable bonds is 8. The Morgan fingerprint density at radius 3 is 1.51 bits per heavy atom. The number of nitrogens with one attached hydrogen (secondary N) is 3. The first-order valence-corrected chi connectivity index (χ1v) is 24.0. The second-order valence-corrected chi connectivity index (χ2v) is 17.9. The van der Waals surface area contributed by atoms with Crippen molar-refractivity contribution in [3.05, 3.63) is 161 Å². The number of amides is 1. The molecule has 0 unspecified atom stereocenters. The molecule has 4 aromatic carbocycles. The van der Waals surface area contributed by atoms with E-state index in [4.69, 9.17) is 28.7 Å². The van der Waals surface area contributed by atoms with Gasteiger partial charge in [0.05, 0.1) is 88.9 Å². The molecule has 5 aromatic heterocycles. The molecule has 0 saturated heterocycles. The number of H-pyrrole nitrogens is 1. The first kappa shape index (κ1) is 67.1.